The van der Waals surface area contributed by atoms with Crippen molar-refractivity contribution in [3.05, 3.63) is 35.9 Å². The van der Waals surface area contributed by atoms with Crippen molar-refractivity contribution < 1.29 is 17.7 Å². The van der Waals surface area contributed by atoms with Crippen LogP contribution in [0.1, 0.15) is 45.2 Å². The Kier molecular flexibility index (Phi) is 5.91. The van der Waals surface area contributed by atoms with E-state index in [0.717, 1.165) is 0 Å². The first kappa shape index (κ1) is 17.3. The normalized spacial score (nSPS) is 15.9. The summed E-state index contributed by atoms with van der Waals surface area (Å²) in [5.74, 6) is 0. The zero-order valence-corrected chi connectivity index (χ0v) is 12.6. The smallest absolute Gasteiger partial charge is 0.389 e. The second-order valence-electron chi connectivity index (χ2n) is 5.62. The molecule has 1 aromatic rings. The zero-order valence-electron chi connectivity index (χ0n) is 11.8. The van der Waals surface area contributed by atoms with Crippen molar-refractivity contribution >= 4 is 11.4 Å². The third kappa shape index (κ3) is 6.15. The molecule has 0 aliphatic rings. The minimum atomic E-state index is -4.21. The van der Waals surface area contributed by atoms with Crippen molar-refractivity contribution in [3.8, 4) is 0 Å². The summed E-state index contributed by atoms with van der Waals surface area (Å²) in [5, 5.41) is 0. The lowest BCUT2D eigenvalue weighted by Gasteiger charge is -2.28. The highest BCUT2D eigenvalue weighted by Crippen LogP contribution is 2.29. The van der Waals surface area contributed by atoms with Gasteiger partial charge in [0.1, 0.15) is 4.75 Å². The van der Waals surface area contributed by atoms with Gasteiger partial charge in [0.05, 0.1) is 6.04 Å². The topological polar surface area (TPSA) is 35.1 Å². The lowest BCUT2D eigenvalue weighted by atomic mass is 10.0. The van der Waals surface area contributed by atoms with Gasteiger partial charge in [-0.15, -0.1) is 4.72 Å². The number of halogens is 3. The molecule has 20 heavy (non-hydrogen) atoms. The molecule has 1 N–H and O–H groups in total. The number of hydrogen-bond donors (Lipinski definition) is 1. The molecule has 0 saturated carbocycles. The molecule has 0 spiro atoms. The summed E-state index contributed by atoms with van der Waals surface area (Å²) in [4.78, 5) is 0. The number of hydrogen-bond acceptors (Lipinski definition) is 2. The van der Waals surface area contributed by atoms with E-state index in [4.69, 9.17) is 0 Å². The Bertz CT molecular complexity index is 403. The van der Waals surface area contributed by atoms with E-state index >= 15 is 0 Å². The molecule has 2 nitrogen and oxygen atoms in total. The molecule has 0 aromatic heterocycles. The summed E-state index contributed by atoms with van der Waals surface area (Å²) in [6.45, 7) is 5.34. The SMILES string of the molecule is CC(C)(C)[S@+]([O-])NC(CCC(F)(F)F)c1ccccc1. The molecular weight excluding hydrogens is 287 g/mol. The van der Waals surface area contributed by atoms with E-state index in [0.29, 0.717) is 5.56 Å². The van der Waals surface area contributed by atoms with Crippen molar-refractivity contribution in [1.82, 2.24) is 4.72 Å². The second-order valence-corrected chi connectivity index (χ2v) is 7.61. The van der Waals surface area contributed by atoms with Gasteiger partial charge in [-0.2, -0.15) is 13.2 Å². The Hall–Kier alpha value is -0.720. The average Bonchev–Trinajstić information content (AvgIpc) is 2.33. The van der Waals surface area contributed by atoms with Crippen LogP contribution in [0, 0.1) is 0 Å². The molecule has 2 atom stereocenters. The molecular formula is C14H20F3NOS. The molecule has 0 bridgehead atoms. The minimum absolute atomic E-state index is 0.130. The van der Waals surface area contributed by atoms with Crippen LogP contribution in [0.25, 0.3) is 0 Å². The summed E-state index contributed by atoms with van der Waals surface area (Å²) in [5.41, 5.74) is 0.717. The molecule has 0 amide bonds. The van der Waals surface area contributed by atoms with E-state index < -0.39 is 34.7 Å². The quantitative estimate of drug-likeness (QED) is 0.830. The Morgan fingerprint density at radius 2 is 1.70 bits per heavy atom. The third-order valence-electron chi connectivity index (χ3n) is 2.72. The van der Waals surface area contributed by atoms with E-state index in [1.807, 2.05) is 0 Å². The molecule has 6 heteroatoms. The summed E-state index contributed by atoms with van der Waals surface area (Å²) >= 11 is -1.41. The lowest BCUT2D eigenvalue weighted by Crippen LogP contribution is -2.41. The highest BCUT2D eigenvalue weighted by Gasteiger charge is 2.33. The lowest BCUT2D eigenvalue weighted by molar-refractivity contribution is -0.136. The van der Waals surface area contributed by atoms with Gasteiger partial charge in [0.15, 0.2) is 0 Å². The van der Waals surface area contributed by atoms with Crippen LogP contribution in [0.15, 0.2) is 30.3 Å². The molecule has 114 valence electrons. The highest BCUT2D eigenvalue weighted by atomic mass is 32.2. The van der Waals surface area contributed by atoms with Crippen molar-refractivity contribution in [3.63, 3.8) is 0 Å². The molecule has 0 aliphatic heterocycles. The van der Waals surface area contributed by atoms with E-state index in [9.17, 15) is 17.7 Å². The van der Waals surface area contributed by atoms with Crippen LogP contribution in [-0.4, -0.2) is 15.5 Å². The Morgan fingerprint density at radius 1 is 1.15 bits per heavy atom. The Labute approximate surface area is 121 Å². The van der Waals surface area contributed by atoms with E-state index in [-0.39, 0.29) is 6.42 Å². The zero-order chi connectivity index (χ0) is 15.4. The number of alkyl halides is 3. The first-order valence-electron chi connectivity index (χ1n) is 6.39. The Balaban J connectivity index is 2.80. The molecule has 0 saturated heterocycles. The first-order valence-corrected chi connectivity index (χ1v) is 7.54. The van der Waals surface area contributed by atoms with Crippen LogP contribution in [-0.2, 0) is 11.4 Å². The van der Waals surface area contributed by atoms with E-state index in [1.54, 1.807) is 51.1 Å². The summed E-state index contributed by atoms with van der Waals surface area (Å²) < 4.78 is 51.6. The number of rotatable bonds is 5. The average molecular weight is 307 g/mol. The van der Waals surface area contributed by atoms with E-state index in [2.05, 4.69) is 4.72 Å². The number of nitrogens with one attached hydrogen (secondary N) is 1. The van der Waals surface area contributed by atoms with Crippen LogP contribution in [0.3, 0.4) is 0 Å². The molecule has 1 unspecified atom stereocenters. The fraction of sp³-hybridized carbons (Fsp3) is 0.571. The molecule has 1 aromatic carbocycles. The fourth-order valence-electron chi connectivity index (χ4n) is 1.59. The predicted molar refractivity (Wildman–Crippen MR) is 75.5 cm³/mol. The third-order valence-corrected chi connectivity index (χ3v) is 4.33. The van der Waals surface area contributed by atoms with Crippen LogP contribution in [0.2, 0.25) is 0 Å². The number of benzene rings is 1. The maximum Gasteiger partial charge on any atom is 0.389 e. The molecule has 0 fully saturated rings. The van der Waals surface area contributed by atoms with Crippen LogP contribution < -0.4 is 4.72 Å². The van der Waals surface area contributed by atoms with Crippen LogP contribution in [0.5, 0.6) is 0 Å². The van der Waals surface area contributed by atoms with Gasteiger partial charge < -0.3 is 4.55 Å². The predicted octanol–water partition coefficient (Wildman–Crippen LogP) is 4.12. The van der Waals surface area contributed by atoms with Gasteiger partial charge in [-0.3, -0.25) is 0 Å². The molecule has 0 heterocycles. The fourth-order valence-corrected chi connectivity index (χ4v) is 2.46. The van der Waals surface area contributed by atoms with Crippen molar-refractivity contribution in [1.29, 1.82) is 0 Å². The van der Waals surface area contributed by atoms with Gasteiger partial charge in [0.25, 0.3) is 0 Å². The van der Waals surface area contributed by atoms with Gasteiger partial charge >= 0.3 is 6.18 Å². The molecule has 0 radical (unpaired) electrons. The summed E-state index contributed by atoms with van der Waals surface area (Å²) in [6.07, 6.45) is -5.24. The van der Waals surface area contributed by atoms with Crippen molar-refractivity contribution in [2.45, 2.75) is 50.6 Å². The van der Waals surface area contributed by atoms with Crippen LogP contribution >= 0.6 is 0 Å². The van der Waals surface area contributed by atoms with Crippen molar-refractivity contribution in [2.24, 2.45) is 0 Å². The highest BCUT2D eigenvalue weighted by molar-refractivity contribution is 7.90. The first-order chi connectivity index (χ1) is 9.09. The molecule has 1 rings (SSSR count). The summed E-state index contributed by atoms with van der Waals surface area (Å²) in [6, 6.07) is 8.24. The van der Waals surface area contributed by atoms with Gasteiger partial charge in [0.2, 0.25) is 0 Å². The standard InChI is InChI=1S/C14H20F3NOS/c1-13(2,3)20(19)18-12(9-10-14(15,16)17)11-7-5-4-6-8-11/h4-8,12,18H,9-10H2,1-3H3/t12?,20-/m0/s1. The second kappa shape index (κ2) is 6.83. The monoisotopic (exact) mass is 307 g/mol. The van der Waals surface area contributed by atoms with Gasteiger partial charge in [0, 0.05) is 17.8 Å². The largest absolute Gasteiger partial charge is 0.598 e. The van der Waals surface area contributed by atoms with Gasteiger partial charge in [-0.25, -0.2) is 0 Å². The maximum atomic E-state index is 12.4. The van der Waals surface area contributed by atoms with Crippen LogP contribution in [0.4, 0.5) is 13.2 Å². The van der Waals surface area contributed by atoms with Crippen molar-refractivity contribution in [2.75, 3.05) is 0 Å². The van der Waals surface area contributed by atoms with Gasteiger partial charge in [-0.05, 0) is 32.8 Å². The van der Waals surface area contributed by atoms with Gasteiger partial charge in [-0.1, -0.05) is 30.3 Å². The molecule has 0 aliphatic carbocycles. The minimum Gasteiger partial charge on any atom is -0.598 e. The maximum absolute atomic E-state index is 12.4. The van der Waals surface area contributed by atoms with E-state index in [1.165, 1.54) is 0 Å². The summed E-state index contributed by atoms with van der Waals surface area (Å²) in [7, 11) is 0. The Morgan fingerprint density at radius 3 is 2.15 bits per heavy atom.